The first-order chi connectivity index (χ1) is 10.8. The number of hydrogen-bond donors (Lipinski definition) is 0. The Bertz CT molecular complexity index is 668. The molecule has 1 fully saturated rings. The molecule has 6 heteroatoms. The van der Waals surface area contributed by atoms with Crippen molar-refractivity contribution in [3.63, 3.8) is 0 Å². The number of amides is 1. The van der Waals surface area contributed by atoms with Crippen LogP contribution in [0.3, 0.4) is 0 Å². The van der Waals surface area contributed by atoms with Crippen molar-refractivity contribution in [2.45, 2.75) is 19.8 Å². The van der Waals surface area contributed by atoms with Gasteiger partial charge in [0.25, 0.3) is 5.91 Å². The van der Waals surface area contributed by atoms with E-state index < -0.39 is 10.0 Å². The lowest BCUT2D eigenvalue weighted by atomic mass is 9.99. The summed E-state index contributed by atoms with van der Waals surface area (Å²) in [5.74, 6) is 0.540. The van der Waals surface area contributed by atoms with Gasteiger partial charge < -0.3 is 4.90 Å². The van der Waals surface area contributed by atoms with Crippen LogP contribution in [0.4, 0.5) is 5.69 Å². The molecule has 1 heterocycles. The zero-order valence-electron chi connectivity index (χ0n) is 13.7. The lowest BCUT2D eigenvalue weighted by molar-refractivity contribution is 0.0683. The maximum Gasteiger partial charge on any atom is 0.253 e. The van der Waals surface area contributed by atoms with E-state index in [-0.39, 0.29) is 12.5 Å². The van der Waals surface area contributed by atoms with E-state index in [1.807, 2.05) is 4.90 Å². The lowest BCUT2D eigenvalue weighted by Gasteiger charge is -2.31. The fraction of sp³-hybridized carbons (Fsp3) is 0.471. The van der Waals surface area contributed by atoms with Crippen molar-refractivity contribution in [1.29, 1.82) is 0 Å². The van der Waals surface area contributed by atoms with Crippen molar-refractivity contribution >= 4 is 21.6 Å². The van der Waals surface area contributed by atoms with Crippen molar-refractivity contribution in [3.05, 3.63) is 42.5 Å². The molecule has 0 N–H and O–H groups in total. The molecule has 1 aliphatic heterocycles. The smallest absolute Gasteiger partial charge is 0.253 e. The number of carbonyl (C=O) groups is 1. The van der Waals surface area contributed by atoms with Crippen LogP contribution in [0, 0.1) is 5.92 Å². The number of rotatable bonds is 5. The maximum atomic E-state index is 12.5. The first kappa shape index (κ1) is 17.5. The number of piperidine rings is 1. The van der Waals surface area contributed by atoms with E-state index in [1.54, 1.807) is 24.3 Å². The van der Waals surface area contributed by atoms with Crippen LogP contribution in [0.2, 0.25) is 0 Å². The molecule has 126 valence electrons. The molecule has 1 aromatic carbocycles. The molecule has 1 unspecified atom stereocenters. The quantitative estimate of drug-likeness (QED) is 0.776. The van der Waals surface area contributed by atoms with Crippen LogP contribution in [0.1, 0.15) is 30.1 Å². The molecule has 0 bridgehead atoms. The van der Waals surface area contributed by atoms with Crippen molar-refractivity contribution < 1.29 is 13.2 Å². The Morgan fingerprint density at radius 1 is 1.39 bits per heavy atom. The molecule has 0 spiro atoms. The SMILES string of the molecule is C=CCN(c1ccc(C(=O)N2CCCC(C)C2)cc1)S(C)(=O)=O. The summed E-state index contributed by atoms with van der Waals surface area (Å²) in [6, 6.07) is 6.73. The lowest BCUT2D eigenvalue weighted by Crippen LogP contribution is -2.39. The highest BCUT2D eigenvalue weighted by Crippen LogP contribution is 2.21. The third-order valence-electron chi connectivity index (χ3n) is 4.04. The van der Waals surface area contributed by atoms with Crippen LogP contribution in [-0.2, 0) is 10.0 Å². The summed E-state index contributed by atoms with van der Waals surface area (Å²) >= 11 is 0. The van der Waals surface area contributed by atoms with Gasteiger partial charge in [-0.15, -0.1) is 6.58 Å². The van der Waals surface area contributed by atoms with Crippen LogP contribution < -0.4 is 4.31 Å². The van der Waals surface area contributed by atoms with Gasteiger partial charge in [-0.2, -0.15) is 0 Å². The molecule has 0 radical (unpaired) electrons. The highest BCUT2D eigenvalue weighted by atomic mass is 32.2. The van der Waals surface area contributed by atoms with Gasteiger partial charge in [0.15, 0.2) is 0 Å². The summed E-state index contributed by atoms with van der Waals surface area (Å²) in [7, 11) is -3.37. The van der Waals surface area contributed by atoms with E-state index in [0.29, 0.717) is 17.2 Å². The van der Waals surface area contributed by atoms with Gasteiger partial charge in [-0.3, -0.25) is 9.10 Å². The van der Waals surface area contributed by atoms with Gasteiger partial charge in [-0.1, -0.05) is 13.0 Å². The van der Waals surface area contributed by atoms with Crippen molar-refractivity contribution in [1.82, 2.24) is 4.90 Å². The fourth-order valence-corrected chi connectivity index (χ4v) is 3.76. The Balaban J connectivity index is 2.18. The standard InChI is InChI=1S/C17H24N2O3S/c1-4-11-19(23(3,21)22)16-9-7-15(8-10-16)17(20)18-12-5-6-14(2)13-18/h4,7-10,14H,1,5-6,11-13H2,2-3H3. The number of benzene rings is 1. The van der Waals surface area contributed by atoms with E-state index in [2.05, 4.69) is 13.5 Å². The van der Waals surface area contributed by atoms with Crippen LogP contribution in [0.25, 0.3) is 0 Å². The van der Waals surface area contributed by atoms with Crippen molar-refractivity contribution in [2.24, 2.45) is 5.92 Å². The zero-order valence-corrected chi connectivity index (χ0v) is 14.6. The normalized spacial score (nSPS) is 18.5. The number of carbonyl (C=O) groups excluding carboxylic acids is 1. The predicted octanol–water partition coefficient (Wildman–Crippen LogP) is 2.51. The monoisotopic (exact) mass is 336 g/mol. The molecule has 1 saturated heterocycles. The molecule has 1 atom stereocenters. The Morgan fingerprint density at radius 2 is 2.04 bits per heavy atom. The highest BCUT2D eigenvalue weighted by Gasteiger charge is 2.22. The second kappa shape index (κ2) is 7.17. The first-order valence-electron chi connectivity index (χ1n) is 7.81. The van der Waals surface area contributed by atoms with Gasteiger partial charge in [0.2, 0.25) is 10.0 Å². The molecule has 5 nitrogen and oxygen atoms in total. The van der Waals surface area contributed by atoms with Crippen LogP contribution >= 0.6 is 0 Å². The maximum absolute atomic E-state index is 12.5. The summed E-state index contributed by atoms with van der Waals surface area (Å²) in [4.78, 5) is 14.4. The third-order valence-corrected chi connectivity index (χ3v) is 5.20. The second-order valence-corrected chi connectivity index (χ2v) is 8.04. The Hall–Kier alpha value is -1.82. The van der Waals surface area contributed by atoms with Gasteiger partial charge >= 0.3 is 0 Å². The predicted molar refractivity (Wildman–Crippen MR) is 93.1 cm³/mol. The topological polar surface area (TPSA) is 57.7 Å². The van der Waals surface area contributed by atoms with E-state index in [1.165, 1.54) is 10.4 Å². The van der Waals surface area contributed by atoms with Crippen molar-refractivity contribution in [3.8, 4) is 0 Å². The number of anilines is 1. The fourth-order valence-electron chi connectivity index (χ4n) is 2.88. The molecule has 0 aliphatic carbocycles. The van der Waals surface area contributed by atoms with Gasteiger partial charge in [0.05, 0.1) is 18.5 Å². The average Bonchev–Trinajstić information content (AvgIpc) is 2.51. The van der Waals surface area contributed by atoms with Crippen LogP contribution in [-0.4, -0.2) is 45.1 Å². The Kier molecular flexibility index (Phi) is 5.46. The number of sulfonamides is 1. The average molecular weight is 336 g/mol. The molecule has 1 aliphatic rings. The van der Waals surface area contributed by atoms with Gasteiger partial charge in [0, 0.05) is 18.7 Å². The largest absolute Gasteiger partial charge is 0.338 e. The van der Waals surface area contributed by atoms with E-state index in [0.717, 1.165) is 32.2 Å². The minimum absolute atomic E-state index is 0.0118. The number of likely N-dealkylation sites (tertiary alicyclic amines) is 1. The Morgan fingerprint density at radius 3 is 2.57 bits per heavy atom. The van der Waals surface area contributed by atoms with Gasteiger partial charge in [0.1, 0.15) is 0 Å². The molecule has 1 aromatic rings. The first-order valence-corrected chi connectivity index (χ1v) is 9.65. The van der Waals surface area contributed by atoms with Gasteiger partial charge in [-0.25, -0.2) is 8.42 Å². The molecule has 0 aromatic heterocycles. The van der Waals surface area contributed by atoms with Crippen LogP contribution in [0.15, 0.2) is 36.9 Å². The Labute approximate surface area is 138 Å². The molecular formula is C17H24N2O3S. The van der Waals surface area contributed by atoms with E-state index >= 15 is 0 Å². The molecular weight excluding hydrogens is 312 g/mol. The number of hydrogen-bond acceptors (Lipinski definition) is 3. The molecule has 2 rings (SSSR count). The molecule has 1 amide bonds. The highest BCUT2D eigenvalue weighted by molar-refractivity contribution is 7.92. The molecule has 23 heavy (non-hydrogen) atoms. The van der Waals surface area contributed by atoms with Crippen molar-refractivity contribution in [2.75, 3.05) is 30.2 Å². The third kappa shape index (κ3) is 4.34. The van der Waals surface area contributed by atoms with Gasteiger partial charge in [-0.05, 0) is 43.0 Å². The van der Waals surface area contributed by atoms with E-state index in [9.17, 15) is 13.2 Å². The minimum atomic E-state index is -3.37. The summed E-state index contributed by atoms with van der Waals surface area (Å²) in [6.07, 6.45) is 4.89. The minimum Gasteiger partial charge on any atom is -0.338 e. The summed E-state index contributed by atoms with van der Waals surface area (Å²) < 4.78 is 24.9. The van der Waals surface area contributed by atoms with E-state index in [4.69, 9.17) is 0 Å². The summed E-state index contributed by atoms with van der Waals surface area (Å²) in [6.45, 7) is 7.52. The second-order valence-electron chi connectivity index (χ2n) is 6.13. The zero-order chi connectivity index (χ0) is 17.0. The number of nitrogens with zero attached hydrogens (tertiary/aromatic N) is 2. The summed E-state index contributed by atoms with van der Waals surface area (Å²) in [5.41, 5.74) is 1.13. The summed E-state index contributed by atoms with van der Waals surface area (Å²) in [5, 5.41) is 0. The molecule has 0 saturated carbocycles. The van der Waals surface area contributed by atoms with Crippen LogP contribution in [0.5, 0.6) is 0 Å².